The van der Waals surface area contributed by atoms with Gasteiger partial charge in [-0.1, -0.05) is 50.1 Å². The van der Waals surface area contributed by atoms with Crippen molar-refractivity contribution in [1.82, 2.24) is 0 Å². The molecule has 0 fully saturated rings. The lowest BCUT2D eigenvalue weighted by atomic mass is 10.1. The summed E-state index contributed by atoms with van der Waals surface area (Å²) in [5.41, 5.74) is 2.39. The smallest absolute Gasteiger partial charge is 0.339 e. The van der Waals surface area contributed by atoms with Gasteiger partial charge >= 0.3 is 5.97 Å². The highest BCUT2D eigenvalue weighted by molar-refractivity contribution is 9.11. The van der Waals surface area contributed by atoms with Gasteiger partial charge in [0.05, 0.1) is 12.7 Å². The molecule has 21 heavy (non-hydrogen) atoms. The van der Waals surface area contributed by atoms with Crippen molar-refractivity contribution in [2.24, 2.45) is 0 Å². The zero-order chi connectivity index (χ0) is 15.4. The average molecular weight is 413 g/mol. The van der Waals surface area contributed by atoms with E-state index in [2.05, 4.69) is 37.2 Å². The molecule has 0 bridgehead atoms. The molecule has 0 saturated heterocycles. The molecule has 5 heteroatoms. The number of halogens is 2. The highest BCUT2D eigenvalue weighted by Crippen LogP contribution is 2.30. The Kier molecular flexibility index (Phi) is 5.42. The molecule has 1 unspecified atom stereocenters. The van der Waals surface area contributed by atoms with E-state index >= 15 is 0 Å². The third-order valence-corrected chi connectivity index (χ3v) is 4.31. The molecule has 1 N–H and O–H groups in total. The van der Waals surface area contributed by atoms with Crippen LogP contribution in [0, 0.1) is 0 Å². The van der Waals surface area contributed by atoms with E-state index in [1.165, 1.54) is 7.11 Å². The lowest BCUT2D eigenvalue weighted by molar-refractivity contribution is 0.0602. The van der Waals surface area contributed by atoms with E-state index < -0.39 is 0 Å². The summed E-state index contributed by atoms with van der Waals surface area (Å²) >= 11 is 7.00. The fourth-order valence-corrected chi connectivity index (χ4v) is 3.45. The van der Waals surface area contributed by atoms with Crippen LogP contribution in [0.2, 0.25) is 0 Å². The van der Waals surface area contributed by atoms with Crippen LogP contribution in [0.5, 0.6) is 0 Å². The van der Waals surface area contributed by atoms with Gasteiger partial charge in [-0.25, -0.2) is 4.79 Å². The molecule has 1 atom stereocenters. The van der Waals surface area contributed by atoms with Crippen molar-refractivity contribution in [3.63, 3.8) is 0 Å². The second kappa shape index (κ2) is 7.09. The van der Waals surface area contributed by atoms with Gasteiger partial charge in [-0.15, -0.1) is 0 Å². The highest BCUT2D eigenvalue weighted by Gasteiger charge is 2.15. The first-order chi connectivity index (χ1) is 10.0. The molecule has 2 aromatic rings. The van der Waals surface area contributed by atoms with Crippen LogP contribution in [-0.2, 0) is 4.74 Å². The molecule has 0 aliphatic heterocycles. The minimum absolute atomic E-state index is 0.0401. The van der Waals surface area contributed by atoms with Crippen LogP contribution in [-0.4, -0.2) is 13.1 Å². The van der Waals surface area contributed by atoms with E-state index in [0.717, 1.165) is 20.2 Å². The number of carbonyl (C=O) groups excluding carboxylic acids is 1. The summed E-state index contributed by atoms with van der Waals surface area (Å²) in [6.45, 7) is 2.04. The number of carbonyl (C=O) groups is 1. The maximum Gasteiger partial charge on any atom is 0.339 e. The van der Waals surface area contributed by atoms with E-state index in [-0.39, 0.29) is 12.0 Å². The zero-order valence-electron chi connectivity index (χ0n) is 11.7. The molecule has 0 radical (unpaired) electrons. The molecule has 0 spiro atoms. The molecule has 0 aromatic heterocycles. The van der Waals surface area contributed by atoms with E-state index in [9.17, 15) is 4.79 Å². The van der Waals surface area contributed by atoms with Gasteiger partial charge in [0.2, 0.25) is 0 Å². The van der Waals surface area contributed by atoms with Crippen LogP contribution in [0.4, 0.5) is 5.69 Å². The van der Waals surface area contributed by atoms with Gasteiger partial charge in [0.1, 0.15) is 0 Å². The molecular weight excluding hydrogens is 398 g/mol. The van der Waals surface area contributed by atoms with Crippen LogP contribution in [0.15, 0.2) is 51.4 Å². The minimum atomic E-state index is -0.347. The fraction of sp³-hybridized carbons (Fsp3) is 0.188. The molecular formula is C16H15Br2NO2. The number of esters is 1. The van der Waals surface area contributed by atoms with E-state index in [4.69, 9.17) is 4.74 Å². The second-order valence-corrected chi connectivity index (χ2v) is 6.34. The average Bonchev–Trinajstić information content (AvgIpc) is 2.46. The van der Waals surface area contributed by atoms with Crippen LogP contribution in [0.3, 0.4) is 0 Å². The number of hydrogen-bond donors (Lipinski definition) is 1. The van der Waals surface area contributed by atoms with Gasteiger partial charge in [-0.2, -0.15) is 0 Å². The first-order valence-corrected chi connectivity index (χ1v) is 8.00. The quantitative estimate of drug-likeness (QED) is 0.703. The summed E-state index contributed by atoms with van der Waals surface area (Å²) < 4.78 is 6.83. The minimum Gasteiger partial charge on any atom is -0.465 e. The van der Waals surface area contributed by atoms with E-state index in [1.54, 1.807) is 6.07 Å². The molecule has 0 amide bonds. The van der Waals surface area contributed by atoms with E-state index in [1.807, 2.05) is 43.3 Å². The fourth-order valence-electron chi connectivity index (χ4n) is 2.06. The second-order valence-electron chi connectivity index (χ2n) is 4.57. The Balaban J connectivity index is 2.27. The largest absolute Gasteiger partial charge is 0.465 e. The highest BCUT2D eigenvalue weighted by atomic mass is 79.9. The van der Waals surface area contributed by atoms with Gasteiger partial charge in [-0.05, 0) is 36.8 Å². The molecule has 0 aliphatic rings. The number of anilines is 1. The number of rotatable bonds is 4. The lowest BCUT2D eigenvalue weighted by Gasteiger charge is -2.19. The number of nitrogens with one attached hydrogen (secondary N) is 1. The Hall–Kier alpha value is -1.33. The molecule has 2 rings (SSSR count). The zero-order valence-corrected chi connectivity index (χ0v) is 14.9. The Morgan fingerprint density at radius 1 is 1.19 bits per heavy atom. The summed E-state index contributed by atoms with van der Waals surface area (Å²) in [6.07, 6.45) is 0. The third kappa shape index (κ3) is 3.86. The van der Waals surface area contributed by atoms with Gasteiger partial charge in [0.15, 0.2) is 0 Å². The van der Waals surface area contributed by atoms with Crippen molar-refractivity contribution in [3.8, 4) is 0 Å². The normalized spacial score (nSPS) is 11.8. The Labute approximate surface area is 141 Å². The first kappa shape index (κ1) is 16.0. The monoisotopic (exact) mass is 411 g/mol. The number of ether oxygens (including phenoxy) is 1. The predicted molar refractivity (Wildman–Crippen MR) is 91.7 cm³/mol. The molecule has 2 aromatic carbocycles. The molecule has 0 aliphatic carbocycles. The Morgan fingerprint density at radius 3 is 2.57 bits per heavy atom. The van der Waals surface area contributed by atoms with Crippen LogP contribution < -0.4 is 5.32 Å². The number of benzene rings is 2. The van der Waals surface area contributed by atoms with Crippen molar-refractivity contribution < 1.29 is 9.53 Å². The maximum absolute atomic E-state index is 11.8. The Morgan fingerprint density at radius 2 is 1.90 bits per heavy atom. The summed E-state index contributed by atoms with van der Waals surface area (Å²) in [5, 5.41) is 3.36. The predicted octanol–water partition coefficient (Wildman–Crippen LogP) is 5.17. The van der Waals surface area contributed by atoms with Crippen molar-refractivity contribution >= 4 is 43.5 Å². The molecule has 0 saturated carbocycles. The van der Waals surface area contributed by atoms with Crippen LogP contribution in [0.25, 0.3) is 0 Å². The summed E-state index contributed by atoms with van der Waals surface area (Å²) in [4.78, 5) is 11.8. The molecule has 3 nitrogen and oxygen atoms in total. The van der Waals surface area contributed by atoms with Gasteiger partial charge in [-0.3, -0.25) is 0 Å². The van der Waals surface area contributed by atoms with Gasteiger partial charge in [0, 0.05) is 20.7 Å². The topological polar surface area (TPSA) is 38.3 Å². The number of methoxy groups -OCH3 is 1. The summed E-state index contributed by atoms with van der Waals surface area (Å²) in [7, 11) is 1.38. The van der Waals surface area contributed by atoms with Crippen LogP contribution >= 0.6 is 31.9 Å². The van der Waals surface area contributed by atoms with Crippen molar-refractivity contribution in [3.05, 3.63) is 62.5 Å². The lowest BCUT2D eigenvalue weighted by Crippen LogP contribution is -2.12. The summed E-state index contributed by atoms with van der Waals surface area (Å²) in [6, 6.07) is 13.4. The first-order valence-electron chi connectivity index (χ1n) is 6.41. The molecule has 0 heterocycles. The Bertz CT molecular complexity index is 658. The van der Waals surface area contributed by atoms with Gasteiger partial charge in [0.25, 0.3) is 0 Å². The third-order valence-electron chi connectivity index (χ3n) is 3.13. The maximum atomic E-state index is 11.8. The van der Waals surface area contributed by atoms with Crippen LogP contribution in [0.1, 0.15) is 28.9 Å². The van der Waals surface area contributed by atoms with E-state index in [0.29, 0.717) is 5.56 Å². The molecule has 110 valence electrons. The SMILES string of the molecule is COC(=O)c1ccccc1NC(C)c1ccc(Br)cc1Br. The standard InChI is InChI=1S/C16H15Br2NO2/c1-10(12-8-7-11(17)9-14(12)18)19-15-6-4-3-5-13(15)16(20)21-2/h3-10,19H,1-2H3. The number of para-hydroxylation sites is 1. The van der Waals surface area contributed by atoms with Crippen molar-refractivity contribution in [2.45, 2.75) is 13.0 Å². The van der Waals surface area contributed by atoms with Crippen molar-refractivity contribution in [1.29, 1.82) is 0 Å². The van der Waals surface area contributed by atoms with Gasteiger partial charge < -0.3 is 10.1 Å². The van der Waals surface area contributed by atoms with Crippen molar-refractivity contribution in [2.75, 3.05) is 12.4 Å². The summed E-state index contributed by atoms with van der Waals surface area (Å²) in [5.74, 6) is -0.347. The number of hydrogen-bond acceptors (Lipinski definition) is 3.